The number of anilines is 1. The van der Waals surface area contributed by atoms with Crippen molar-refractivity contribution in [3.63, 3.8) is 0 Å². The van der Waals surface area contributed by atoms with Gasteiger partial charge in [-0.1, -0.05) is 6.07 Å². The van der Waals surface area contributed by atoms with Crippen molar-refractivity contribution in [1.29, 1.82) is 0 Å². The summed E-state index contributed by atoms with van der Waals surface area (Å²) in [5.74, 6) is 0. The summed E-state index contributed by atoms with van der Waals surface area (Å²) in [5.41, 5.74) is 8.93. The van der Waals surface area contributed by atoms with Crippen molar-refractivity contribution >= 4 is 5.69 Å². The van der Waals surface area contributed by atoms with Gasteiger partial charge in [0.2, 0.25) is 0 Å². The SMILES string of the molecule is CO.Cc1ccc(N)cc1C. The van der Waals surface area contributed by atoms with Crippen molar-refractivity contribution < 1.29 is 5.11 Å². The quantitative estimate of drug-likeness (QED) is 0.555. The van der Waals surface area contributed by atoms with Crippen LogP contribution in [0.2, 0.25) is 0 Å². The third-order valence-electron chi connectivity index (χ3n) is 1.53. The lowest BCUT2D eigenvalue weighted by Gasteiger charge is -1.98. The Bertz CT molecular complexity index is 221. The van der Waals surface area contributed by atoms with Crippen molar-refractivity contribution in [3.05, 3.63) is 29.3 Å². The molecule has 0 aliphatic carbocycles. The normalized spacial score (nSPS) is 8.36. The highest BCUT2D eigenvalue weighted by Gasteiger charge is 1.89. The van der Waals surface area contributed by atoms with Crippen LogP contribution in [-0.4, -0.2) is 12.2 Å². The molecule has 3 N–H and O–H groups in total. The molecular formula is C9H15NO. The Morgan fingerprint density at radius 2 is 1.64 bits per heavy atom. The van der Waals surface area contributed by atoms with E-state index in [4.69, 9.17) is 10.8 Å². The minimum atomic E-state index is 0.845. The number of aryl methyl sites for hydroxylation is 2. The summed E-state index contributed by atoms with van der Waals surface area (Å²) in [6.45, 7) is 4.14. The van der Waals surface area contributed by atoms with E-state index >= 15 is 0 Å². The van der Waals surface area contributed by atoms with Gasteiger partial charge in [-0.2, -0.15) is 0 Å². The van der Waals surface area contributed by atoms with Crippen LogP contribution in [0.5, 0.6) is 0 Å². The zero-order valence-corrected chi connectivity index (χ0v) is 7.26. The Balaban J connectivity index is 0.000000461. The number of rotatable bonds is 0. The summed E-state index contributed by atoms with van der Waals surface area (Å²) in [4.78, 5) is 0. The molecule has 0 bridgehead atoms. The van der Waals surface area contributed by atoms with E-state index in [1.54, 1.807) is 0 Å². The molecule has 0 spiro atoms. The van der Waals surface area contributed by atoms with Crippen LogP contribution in [0.25, 0.3) is 0 Å². The molecule has 11 heavy (non-hydrogen) atoms. The molecule has 1 aromatic rings. The maximum atomic E-state index is 7.00. The van der Waals surface area contributed by atoms with Crippen molar-refractivity contribution in [3.8, 4) is 0 Å². The lowest BCUT2D eigenvalue weighted by molar-refractivity contribution is 0.399. The minimum Gasteiger partial charge on any atom is -0.400 e. The molecule has 0 atom stereocenters. The molecule has 0 aliphatic rings. The molecule has 0 fully saturated rings. The van der Waals surface area contributed by atoms with Gasteiger partial charge < -0.3 is 10.8 Å². The average molecular weight is 153 g/mol. The Morgan fingerprint density at radius 3 is 2.00 bits per heavy atom. The number of hydrogen-bond acceptors (Lipinski definition) is 2. The predicted octanol–water partition coefficient (Wildman–Crippen LogP) is 1.49. The molecule has 2 nitrogen and oxygen atoms in total. The van der Waals surface area contributed by atoms with Gasteiger partial charge in [0.25, 0.3) is 0 Å². The fourth-order valence-corrected chi connectivity index (χ4v) is 0.765. The molecule has 0 saturated carbocycles. The molecule has 0 amide bonds. The van der Waals surface area contributed by atoms with Gasteiger partial charge >= 0.3 is 0 Å². The molecule has 0 aliphatic heterocycles. The first-order chi connectivity index (χ1) is 5.20. The monoisotopic (exact) mass is 153 g/mol. The third-order valence-corrected chi connectivity index (χ3v) is 1.53. The second-order valence-corrected chi connectivity index (χ2v) is 2.34. The average Bonchev–Trinajstić information content (AvgIpc) is 2.02. The van der Waals surface area contributed by atoms with Gasteiger partial charge in [0.15, 0.2) is 0 Å². The van der Waals surface area contributed by atoms with Crippen LogP contribution in [0.15, 0.2) is 18.2 Å². The number of benzene rings is 1. The van der Waals surface area contributed by atoms with Crippen LogP contribution in [0.3, 0.4) is 0 Å². The van der Waals surface area contributed by atoms with Gasteiger partial charge in [-0.3, -0.25) is 0 Å². The van der Waals surface area contributed by atoms with E-state index in [9.17, 15) is 0 Å². The number of aliphatic hydroxyl groups is 1. The van der Waals surface area contributed by atoms with Crippen LogP contribution in [0.1, 0.15) is 11.1 Å². The first-order valence-electron chi connectivity index (χ1n) is 3.47. The third kappa shape index (κ3) is 3.05. The first-order valence-corrected chi connectivity index (χ1v) is 3.47. The largest absolute Gasteiger partial charge is 0.400 e. The van der Waals surface area contributed by atoms with Crippen molar-refractivity contribution in [2.75, 3.05) is 12.8 Å². The second-order valence-electron chi connectivity index (χ2n) is 2.34. The summed E-state index contributed by atoms with van der Waals surface area (Å²) in [5, 5.41) is 7.00. The second kappa shape index (κ2) is 4.74. The van der Waals surface area contributed by atoms with E-state index in [-0.39, 0.29) is 0 Å². The van der Waals surface area contributed by atoms with Crippen LogP contribution in [-0.2, 0) is 0 Å². The summed E-state index contributed by atoms with van der Waals surface area (Å²) in [6, 6.07) is 5.93. The number of nitrogen functional groups attached to an aromatic ring is 1. The van der Waals surface area contributed by atoms with Gasteiger partial charge in [-0.25, -0.2) is 0 Å². The predicted molar refractivity (Wildman–Crippen MR) is 48.5 cm³/mol. The molecule has 62 valence electrons. The Kier molecular flexibility index (Phi) is 4.30. The van der Waals surface area contributed by atoms with Crippen LogP contribution in [0, 0.1) is 13.8 Å². The highest BCUT2D eigenvalue weighted by molar-refractivity contribution is 5.43. The van der Waals surface area contributed by atoms with E-state index < -0.39 is 0 Å². The Hall–Kier alpha value is -1.02. The fraction of sp³-hybridized carbons (Fsp3) is 0.333. The number of nitrogens with two attached hydrogens (primary N) is 1. The molecule has 1 rings (SSSR count). The molecule has 0 radical (unpaired) electrons. The summed E-state index contributed by atoms with van der Waals surface area (Å²) in [6.07, 6.45) is 0. The molecule has 2 heteroatoms. The van der Waals surface area contributed by atoms with Crippen LogP contribution < -0.4 is 5.73 Å². The Morgan fingerprint density at radius 1 is 1.09 bits per heavy atom. The van der Waals surface area contributed by atoms with Gasteiger partial charge in [0.05, 0.1) is 0 Å². The fourth-order valence-electron chi connectivity index (χ4n) is 0.765. The van der Waals surface area contributed by atoms with E-state index in [0.29, 0.717) is 0 Å². The zero-order valence-electron chi connectivity index (χ0n) is 7.26. The standard InChI is InChI=1S/C8H11N.CH4O/c1-6-3-4-8(9)5-7(6)2;1-2/h3-5H,9H2,1-2H3;2H,1H3. The van der Waals surface area contributed by atoms with Gasteiger partial charge in [-0.05, 0) is 37.1 Å². The van der Waals surface area contributed by atoms with E-state index in [2.05, 4.69) is 13.8 Å². The molecular weight excluding hydrogens is 138 g/mol. The summed E-state index contributed by atoms with van der Waals surface area (Å²) in [7, 11) is 1.00. The van der Waals surface area contributed by atoms with Gasteiger partial charge in [0.1, 0.15) is 0 Å². The molecule has 0 heterocycles. The molecule has 0 unspecified atom stereocenters. The van der Waals surface area contributed by atoms with Crippen LogP contribution in [0.4, 0.5) is 5.69 Å². The summed E-state index contributed by atoms with van der Waals surface area (Å²) < 4.78 is 0. The van der Waals surface area contributed by atoms with E-state index in [1.807, 2.05) is 18.2 Å². The topological polar surface area (TPSA) is 46.2 Å². The van der Waals surface area contributed by atoms with E-state index in [1.165, 1.54) is 11.1 Å². The molecule has 1 aromatic carbocycles. The van der Waals surface area contributed by atoms with Crippen molar-refractivity contribution in [2.24, 2.45) is 0 Å². The Labute approximate surface area is 67.7 Å². The highest BCUT2D eigenvalue weighted by Crippen LogP contribution is 2.09. The lowest BCUT2D eigenvalue weighted by Crippen LogP contribution is -1.86. The van der Waals surface area contributed by atoms with Gasteiger partial charge in [-0.15, -0.1) is 0 Å². The number of aliphatic hydroxyl groups excluding tert-OH is 1. The maximum Gasteiger partial charge on any atom is 0.0319 e. The van der Waals surface area contributed by atoms with Crippen molar-refractivity contribution in [1.82, 2.24) is 0 Å². The lowest BCUT2D eigenvalue weighted by atomic mass is 10.1. The highest BCUT2D eigenvalue weighted by atomic mass is 16.2. The molecule has 0 aromatic heterocycles. The summed E-state index contributed by atoms with van der Waals surface area (Å²) >= 11 is 0. The van der Waals surface area contributed by atoms with Gasteiger partial charge in [0, 0.05) is 12.8 Å². The maximum absolute atomic E-state index is 7.00. The number of hydrogen-bond donors (Lipinski definition) is 2. The van der Waals surface area contributed by atoms with Crippen LogP contribution >= 0.6 is 0 Å². The molecule has 0 saturated heterocycles. The zero-order chi connectivity index (χ0) is 8.85. The van der Waals surface area contributed by atoms with E-state index in [0.717, 1.165) is 12.8 Å². The first kappa shape index (κ1) is 9.98. The van der Waals surface area contributed by atoms with Crippen molar-refractivity contribution in [2.45, 2.75) is 13.8 Å². The smallest absolute Gasteiger partial charge is 0.0319 e. The minimum absolute atomic E-state index is 0.845.